The van der Waals surface area contributed by atoms with E-state index < -0.39 is 0 Å². The Labute approximate surface area is 116 Å². The molecular weight excluding hydrogens is 290 g/mol. The molecule has 0 fully saturated rings. The second-order valence-electron chi connectivity index (χ2n) is 4.08. The first-order valence-corrected chi connectivity index (χ1v) is 6.72. The normalized spacial score (nSPS) is 10.2. The molecule has 1 heterocycles. The summed E-state index contributed by atoms with van der Waals surface area (Å²) in [7, 11) is 0. The van der Waals surface area contributed by atoms with Gasteiger partial charge >= 0.3 is 0 Å². The Hall–Kier alpha value is -1.55. The van der Waals surface area contributed by atoms with E-state index in [0.29, 0.717) is 0 Å². The Morgan fingerprint density at radius 1 is 1.17 bits per heavy atom. The Morgan fingerprint density at radius 3 is 2.67 bits per heavy atom. The fourth-order valence-electron chi connectivity index (χ4n) is 1.74. The van der Waals surface area contributed by atoms with E-state index in [-0.39, 0.29) is 0 Å². The van der Waals surface area contributed by atoms with Gasteiger partial charge in [0.1, 0.15) is 11.6 Å². The third kappa shape index (κ3) is 3.47. The first kappa shape index (κ1) is 12.9. The molecule has 4 heteroatoms. The van der Waals surface area contributed by atoms with Gasteiger partial charge < -0.3 is 10.6 Å². The first-order chi connectivity index (χ1) is 8.67. The van der Waals surface area contributed by atoms with Crippen LogP contribution in [-0.2, 0) is 0 Å². The van der Waals surface area contributed by atoms with Crippen molar-refractivity contribution < 1.29 is 0 Å². The first-order valence-electron chi connectivity index (χ1n) is 5.92. The van der Waals surface area contributed by atoms with Crippen molar-refractivity contribution in [1.82, 2.24) is 4.98 Å². The molecule has 2 aromatic rings. The van der Waals surface area contributed by atoms with Gasteiger partial charge in [-0.3, -0.25) is 0 Å². The largest absolute Gasteiger partial charge is 0.370 e. The number of halogens is 1. The van der Waals surface area contributed by atoms with Crippen LogP contribution in [0.4, 0.5) is 17.3 Å². The van der Waals surface area contributed by atoms with Crippen molar-refractivity contribution in [2.45, 2.75) is 13.8 Å². The monoisotopic (exact) mass is 305 g/mol. The van der Waals surface area contributed by atoms with Gasteiger partial charge in [0, 0.05) is 16.7 Å². The average molecular weight is 306 g/mol. The molecule has 2 rings (SSSR count). The van der Waals surface area contributed by atoms with Gasteiger partial charge in [0.2, 0.25) is 0 Å². The number of aryl methyl sites for hydroxylation is 1. The number of anilines is 3. The predicted octanol–water partition coefficient (Wildman–Crippen LogP) is 4.33. The third-order valence-electron chi connectivity index (χ3n) is 2.42. The van der Waals surface area contributed by atoms with Crippen LogP contribution in [0.3, 0.4) is 0 Å². The molecule has 0 saturated carbocycles. The van der Waals surface area contributed by atoms with E-state index in [4.69, 9.17) is 0 Å². The van der Waals surface area contributed by atoms with Crippen LogP contribution in [0, 0.1) is 6.92 Å². The lowest BCUT2D eigenvalue weighted by atomic mass is 10.2. The number of hydrogen-bond acceptors (Lipinski definition) is 3. The molecular formula is C14H16BrN3. The third-order valence-corrected chi connectivity index (χ3v) is 2.88. The Kier molecular flexibility index (Phi) is 4.20. The molecule has 0 aliphatic heterocycles. The quantitative estimate of drug-likeness (QED) is 0.883. The van der Waals surface area contributed by atoms with Gasteiger partial charge in [0.05, 0.1) is 0 Å². The van der Waals surface area contributed by atoms with Gasteiger partial charge in [-0.2, -0.15) is 0 Å². The SMILES string of the molecule is CCNc1cccc(Nc2cc(C)cc(Br)c2)n1. The minimum atomic E-state index is 0.839. The maximum absolute atomic E-state index is 4.48. The fraction of sp³-hybridized carbons (Fsp3) is 0.214. The number of aromatic nitrogens is 1. The van der Waals surface area contributed by atoms with Crippen LogP contribution in [-0.4, -0.2) is 11.5 Å². The van der Waals surface area contributed by atoms with Crippen LogP contribution in [0.25, 0.3) is 0 Å². The molecule has 0 spiro atoms. The summed E-state index contributed by atoms with van der Waals surface area (Å²) in [5.74, 6) is 1.72. The maximum Gasteiger partial charge on any atom is 0.132 e. The molecule has 0 unspecified atom stereocenters. The van der Waals surface area contributed by atoms with Crippen molar-refractivity contribution >= 4 is 33.3 Å². The van der Waals surface area contributed by atoms with E-state index in [9.17, 15) is 0 Å². The Balaban J connectivity index is 2.20. The molecule has 0 radical (unpaired) electrons. The highest BCUT2D eigenvalue weighted by molar-refractivity contribution is 9.10. The molecule has 0 amide bonds. The number of benzene rings is 1. The van der Waals surface area contributed by atoms with Crippen LogP contribution < -0.4 is 10.6 Å². The number of hydrogen-bond donors (Lipinski definition) is 2. The average Bonchev–Trinajstić information content (AvgIpc) is 2.28. The zero-order valence-corrected chi connectivity index (χ0v) is 12.1. The van der Waals surface area contributed by atoms with Crippen LogP contribution in [0.15, 0.2) is 40.9 Å². The van der Waals surface area contributed by atoms with Crippen molar-refractivity contribution in [2.75, 3.05) is 17.2 Å². The second-order valence-corrected chi connectivity index (χ2v) is 5.00. The lowest BCUT2D eigenvalue weighted by molar-refractivity contribution is 1.16. The summed E-state index contributed by atoms with van der Waals surface area (Å²) >= 11 is 3.49. The zero-order valence-electron chi connectivity index (χ0n) is 10.5. The van der Waals surface area contributed by atoms with E-state index in [2.05, 4.69) is 57.5 Å². The van der Waals surface area contributed by atoms with E-state index >= 15 is 0 Å². The summed E-state index contributed by atoms with van der Waals surface area (Å²) in [6, 6.07) is 12.1. The number of pyridine rings is 1. The summed E-state index contributed by atoms with van der Waals surface area (Å²) in [4.78, 5) is 4.48. The van der Waals surface area contributed by atoms with Gasteiger partial charge in [0.15, 0.2) is 0 Å². The highest BCUT2D eigenvalue weighted by Crippen LogP contribution is 2.22. The summed E-state index contributed by atoms with van der Waals surface area (Å²) in [5.41, 5.74) is 2.23. The standard InChI is InChI=1S/C14H16BrN3/c1-3-16-13-5-4-6-14(18-13)17-12-8-10(2)7-11(15)9-12/h4-9H,3H2,1-2H3,(H2,16,17,18). The van der Waals surface area contributed by atoms with Gasteiger partial charge in [-0.05, 0) is 49.7 Å². The topological polar surface area (TPSA) is 37.0 Å². The maximum atomic E-state index is 4.48. The van der Waals surface area contributed by atoms with Crippen LogP contribution in [0.1, 0.15) is 12.5 Å². The number of nitrogens with one attached hydrogen (secondary N) is 2. The van der Waals surface area contributed by atoms with Crippen LogP contribution in [0.2, 0.25) is 0 Å². The molecule has 94 valence electrons. The molecule has 1 aromatic heterocycles. The molecule has 0 saturated heterocycles. The second kappa shape index (κ2) is 5.87. The number of nitrogens with zero attached hydrogens (tertiary/aromatic N) is 1. The van der Waals surface area contributed by atoms with Gasteiger partial charge in [-0.15, -0.1) is 0 Å². The lowest BCUT2D eigenvalue weighted by Gasteiger charge is -2.09. The zero-order chi connectivity index (χ0) is 13.0. The van der Waals surface area contributed by atoms with E-state index in [1.165, 1.54) is 5.56 Å². The summed E-state index contributed by atoms with van der Waals surface area (Å²) < 4.78 is 1.06. The van der Waals surface area contributed by atoms with Gasteiger partial charge in [0.25, 0.3) is 0 Å². The van der Waals surface area contributed by atoms with Crippen molar-refractivity contribution in [3.05, 3.63) is 46.4 Å². The molecule has 0 aliphatic rings. The Bertz CT molecular complexity index is 520. The van der Waals surface area contributed by atoms with Gasteiger partial charge in [-0.25, -0.2) is 4.98 Å². The van der Waals surface area contributed by atoms with Crippen molar-refractivity contribution in [3.63, 3.8) is 0 Å². The highest BCUT2D eigenvalue weighted by atomic mass is 79.9. The summed E-state index contributed by atoms with van der Waals surface area (Å²) in [5, 5.41) is 6.50. The highest BCUT2D eigenvalue weighted by Gasteiger charge is 2.00. The van der Waals surface area contributed by atoms with E-state index in [1.54, 1.807) is 0 Å². The summed E-state index contributed by atoms with van der Waals surface area (Å²) in [6.45, 7) is 4.99. The summed E-state index contributed by atoms with van der Waals surface area (Å²) in [6.07, 6.45) is 0. The minimum Gasteiger partial charge on any atom is -0.370 e. The molecule has 0 bridgehead atoms. The lowest BCUT2D eigenvalue weighted by Crippen LogP contribution is -2.01. The Morgan fingerprint density at radius 2 is 1.94 bits per heavy atom. The molecule has 2 N–H and O–H groups in total. The molecule has 1 aromatic carbocycles. The molecule has 3 nitrogen and oxygen atoms in total. The number of rotatable bonds is 4. The molecule has 18 heavy (non-hydrogen) atoms. The minimum absolute atomic E-state index is 0.839. The van der Waals surface area contributed by atoms with Crippen molar-refractivity contribution in [1.29, 1.82) is 0 Å². The van der Waals surface area contributed by atoms with Crippen LogP contribution in [0.5, 0.6) is 0 Å². The smallest absolute Gasteiger partial charge is 0.132 e. The predicted molar refractivity (Wildman–Crippen MR) is 80.6 cm³/mol. The van der Waals surface area contributed by atoms with Crippen molar-refractivity contribution in [2.24, 2.45) is 0 Å². The van der Waals surface area contributed by atoms with Crippen molar-refractivity contribution in [3.8, 4) is 0 Å². The van der Waals surface area contributed by atoms with E-state index in [1.807, 2.05) is 24.3 Å². The van der Waals surface area contributed by atoms with Crippen LogP contribution >= 0.6 is 15.9 Å². The fourth-order valence-corrected chi connectivity index (χ4v) is 2.35. The molecule has 0 atom stereocenters. The van der Waals surface area contributed by atoms with E-state index in [0.717, 1.165) is 28.3 Å². The van der Waals surface area contributed by atoms with Gasteiger partial charge in [-0.1, -0.05) is 22.0 Å². The molecule has 0 aliphatic carbocycles.